The van der Waals surface area contributed by atoms with Gasteiger partial charge in [-0.3, -0.25) is 13.9 Å². The summed E-state index contributed by atoms with van der Waals surface area (Å²) in [5.74, 6) is 1.47. The number of anilines is 1. The maximum atomic E-state index is 12.5. The largest absolute Gasteiger partial charge is 0.484 e. The van der Waals surface area contributed by atoms with Crippen molar-refractivity contribution in [3.8, 4) is 5.75 Å². The van der Waals surface area contributed by atoms with Crippen LogP contribution >= 0.6 is 11.6 Å². The molecular weight excluding hydrogens is 514 g/mol. The Labute approximate surface area is 233 Å². The first kappa shape index (κ1) is 27.0. The summed E-state index contributed by atoms with van der Waals surface area (Å²) in [6, 6.07) is 21.3. The number of amides is 1. The molecule has 8 heteroatoms. The summed E-state index contributed by atoms with van der Waals surface area (Å²) in [6.07, 6.45) is 1.03. The third-order valence-corrected chi connectivity index (χ3v) is 7.97. The Balaban J connectivity index is 1.19. The quantitative estimate of drug-likeness (QED) is 0.305. The number of rotatable bonds is 7. The van der Waals surface area contributed by atoms with Crippen molar-refractivity contribution in [2.75, 3.05) is 18.5 Å². The fraction of sp³-hybridized carbons (Fsp3) is 0.355. The second kappa shape index (κ2) is 11.3. The van der Waals surface area contributed by atoms with Crippen LogP contribution in [0, 0.1) is 11.8 Å². The zero-order valence-corrected chi connectivity index (χ0v) is 23.4. The highest BCUT2D eigenvalue weighted by atomic mass is 35.5. The minimum Gasteiger partial charge on any atom is -0.484 e. The number of hydrogen-bond acceptors (Lipinski definition) is 4. The Bertz CT molecular complexity index is 1540. The molecule has 0 bridgehead atoms. The zero-order valence-electron chi connectivity index (χ0n) is 22.7. The highest BCUT2D eigenvalue weighted by Crippen LogP contribution is 2.43. The van der Waals surface area contributed by atoms with Crippen molar-refractivity contribution in [2.24, 2.45) is 25.9 Å². The summed E-state index contributed by atoms with van der Waals surface area (Å²) in [5, 5.41) is 3.60. The van der Waals surface area contributed by atoms with Crippen molar-refractivity contribution >= 4 is 34.2 Å². The number of halogens is 1. The molecule has 0 radical (unpaired) electrons. The molecule has 1 aromatic heterocycles. The summed E-state index contributed by atoms with van der Waals surface area (Å²) in [4.78, 5) is 24.7. The highest BCUT2D eigenvalue weighted by Gasteiger charge is 2.35. The first-order valence-corrected chi connectivity index (χ1v) is 13.6. The minimum absolute atomic E-state index is 0.00153. The van der Waals surface area contributed by atoms with Gasteiger partial charge in [0, 0.05) is 30.7 Å². The lowest BCUT2D eigenvalue weighted by Gasteiger charge is -2.39. The van der Waals surface area contributed by atoms with E-state index in [4.69, 9.17) is 21.1 Å². The Hall–Kier alpha value is -3.55. The number of ether oxygens (including phenoxy) is 2. The van der Waals surface area contributed by atoms with Crippen molar-refractivity contribution in [1.29, 1.82) is 0 Å². The fourth-order valence-electron chi connectivity index (χ4n) is 5.51. The van der Waals surface area contributed by atoms with Crippen molar-refractivity contribution in [1.82, 2.24) is 9.13 Å². The van der Waals surface area contributed by atoms with Gasteiger partial charge >= 0.3 is 5.69 Å². The molecule has 0 unspecified atom stereocenters. The van der Waals surface area contributed by atoms with Crippen LogP contribution in [0.5, 0.6) is 5.75 Å². The van der Waals surface area contributed by atoms with Gasteiger partial charge in [0.15, 0.2) is 6.61 Å². The standard InChI is InChI=1S/C31H34ClN3O4/c1-19(2)26-15-22(21-6-5-7-23(32)14-21)17-39-30(26)20-8-11-25(12-9-20)38-18-29(36)33-24-10-13-27-28(16-24)35(4)31(37)34(27)3/h5-14,16,19,22,26,30H,15,17-18H2,1-4H3,(H,33,36)/t22-,26-,30-/m0/s1. The van der Waals surface area contributed by atoms with E-state index >= 15 is 0 Å². The molecule has 1 N–H and O–H groups in total. The molecule has 2 heterocycles. The van der Waals surface area contributed by atoms with Crippen LogP contribution < -0.4 is 15.7 Å². The van der Waals surface area contributed by atoms with Gasteiger partial charge in [0.2, 0.25) is 0 Å². The second-order valence-corrected chi connectivity index (χ2v) is 11.1. The molecule has 204 valence electrons. The lowest BCUT2D eigenvalue weighted by Crippen LogP contribution is -2.31. The third-order valence-electron chi connectivity index (χ3n) is 7.73. The summed E-state index contributed by atoms with van der Waals surface area (Å²) in [6.45, 7) is 5.01. The van der Waals surface area contributed by atoms with Gasteiger partial charge in [-0.1, -0.05) is 49.7 Å². The summed E-state index contributed by atoms with van der Waals surface area (Å²) in [5.41, 5.74) is 4.38. The molecule has 0 saturated carbocycles. The lowest BCUT2D eigenvalue weighted by molar-refractivity contribution is -0.118. The van der Waals surface area contributed by atoms with Crippen LogP contribution in [0.2, 0.25) is 5.02 Å². The van der Waals surface area contributed by atoms with E-state index in [1.165, 1.54) is 5.56 Å². The number of fused-ring (bicyclic) bond motifs is 1. The molecule has 1 aliphatic heterocycles. The van der Waals surface area contributed by atoms with Gasteiger partial charge in [0.25, 0.3) is 5.91 Å². The minimum atomic E-state index is -0.276. The number of aryl methyl sites for hydroxylation is 2. The Kier molecular flexibility index (Phi) is 7.82. The molecule has 4 aromatic rings. The molecule has 39 heavy (non-hydrogen) atoms. The predicted molar refractivity (Wildman–Crippen MR) is 155 cm³/mol. The molecule has 3 aromatic carbocycles. The van der Waals surface area contributed by atoms with Gasteiger partial charge in [0.1, 0.15) is 5.75 Å². The van der Waals surface area contributed by atoms with E-state index in [0.717, 1.165) is 28.0 Å². The van der Waals surface area contributed by atoms with Gasteiger partial charge < -0.3 is 14.8 Å². The van der Waals surface area contributed by atoms with E-state index < -0.39 is 0 Å². The van der Waals surface area contributed by atoms with E-state index in [9.17, 15) is 9.59 Å². The molecule has 1 amide bonds. The summed E-state index contributed by atoms with van der Waals surface area (Å²) >= 11 is 6.23. The molecule has 0 aliphatic carbocycles. The molecule has 1 aliphatic rings. The Morgan fingerprint density at radius 3 is 2.49 bits per heavy atom. The van der Waals surface area contributed by atoms with Crippen LogP contribution in [0.3, 0.4) is 0 Å². The van der Waals surface area contributed by atoms with Crippen LogP contribution in [-0.4, -0.2) is 28.3 Å². The number of nitrogens with one attached hydrogen (secondary N) is 1. The average molecular weight is 548 g/mol. The van der Waals surface area contributed by atoms with E-state index in [1.807, 2.05) is 48.5 Å². The number of carbonyl (C=O) groups is 1. The van der Waals surface area contributed by atoms with E-state index in [2.05, 4.69) is 25.2 Å². The number of nitrogens with zero attached hydrogens (tertiary/aromatic N) is 2. The number of imidazole rings is 1. The van der Waals surface area contributed by atoms with Crippen molar-refractivity contribution in [3.63, 3.8) is 0 Å². The van der Waals surface area contributed by atoms with E-state index in [0.29, 0.717) is 35.8 Å². The normalized spacial score (nSPS) is 19.4. The Morgan fingerprint density at radius 2 is 1.77 bits per heavy atom. The maximum Gasteiger partial charge on any atom is 0.328 e. The van der Waals surface area contributed by atoms with Crippen molar-refractivity contribution < 1.29 is 14.3 Å². The number of hydrogen-bond donors (Lipinski definition) is 1. The number of carbonyl (C=O) groups excluding carboxylic acids is 1. The molecule has 3 atom stereocenters. The number of benzene rings is 3. The molecule has 1 saturated heterocycles. The second-order valence-electron chi connectivity index (χ2n) is 10.7. The first-order valence-electron chi connectivity index (χ1n) is 13.3. The Morgan fingerprint density at radius 1 is 1.03 bits per heavy atom. The highest BCUT2D eigenvalue weighted by molar-refractivity contribution is 6.30. The lowest BCUT2D eigenvalue weighted by atomic mass is 9.76. The monoisotopic (exact) mass is 547 g/mol. The first-order chi connectivity index (χ1) is 18.7. The molecular formula is C31H34ClN3O4. The zero-order chi connectivity index (χ0) is 27.7. The average Bonchev–Trinajstić information content (AvgIpc) is 3.15. The van der Waals surface area contributed by atoms with E-state index in [1.54, 1.807) is 35.4 Å². The van der Waals surface area contributed by atoms with Gasteiger partial charge in [-0.2, -0.15) is 0 Å². The summed E-state index contributed by atoms with van der Waals surface area (Å²) in [7, 11) is 3.44. The topological polar surface area (TPSA) is 74.5 Å². The molecule has 5 rings (SSSR count). The summed E-state index contributed by atoms with van der Waals surface area (Å²) < 4.78 is 15.3. The molecule has 0 spiro atoms. The van der Waals surface area contributed by atoms with Crippen LogP contribution in [0.4, 0.5) is 5.69 Å². The van der Waals surface area contributed by atoms with Crippen molar-refractivity contribution in [2.45, 2.75) is 32.3 Å². The number of aromatic nitrogens is 2. The maximum absolute atomic E-state index is 12.5. The van der Waals surface area contributed by atoms with E-state index in [-0.39, 0.29) is 24.3 Å². The van der Waals surface area contributed by atoms with Crippen LogP contribution in [0.15, 0.2) is 71.5 Å². The third kappa shape index (κ3) is 5.75. The van der Waals surface area contributed by atoms with Crippen LogP contribution in [0.1, 0.15) is 43.4 Å². The smallest absolute Gasteiger partial charge is 0.328 e. The van der Waals surface area contributed by atoms with Gasteiger partial charge in [-0.25, -0.2) is 4.79 Å². The van der Waals surface area contributed by atoms with Crippen molar-refractivity contribution in [3.05, 3.63) is 93.4 Å². The van der Waals surface area contributed by atoms with Crippen LogP contribution in [-0.2, 0) is 23.6 Å². The van der Waals surface area contributed by atoms with Gasteiger partial charge in [0.05, 0.1) is 23.7 Å². The van der Waals surface area contributed by atoms with Gasteiger partial charge in [-0.05, 0) is 71.8 Å². The SMILES string of the molecule is CC(C)[C@@H]1C[C@H](c2cccc(Cl)c2)CO[C@H]1c1ccc(OCC(=O)Nc2ccc3c(c2)n(C)c(=O)n3C)cc1. The molecule has 7 nitrogen and oxygen atoms in total. The van der Waals surface area contributed by atoms with Gasteiger partial charge in [-0.15, -0.1) is 0 Å². The fourth-order valence-corrected chi connectivity index (χ4v) is 5.70. The predicted octanol–water partition coefficient (Wildman–Crippen LogP) is 6.07. The molecule has 1 fully saturated rings. The van der Waals surface area contributed by atoms with Crippen LogP contribution in [0.25, 0.3) is 11.0 Å².